The fourth-order valence-corrected chi connectivity index (χ4v) is 12.4. The van der Waals surface area contributed by atoms with Crippen LogP contribution in [0.4, 0.5) is 0 Å². The van der Waals surface area contributed by atoms with E-state index in [0.29, 0.717) is 84.7 Å². The molecule has 4 aromatic rings. The second-order valence-electron chi connectivity index (χ2n) is 22.8. The first kappa shape index (κ1) is 53.2. The Morgan fingerprint density at radius 3 is 2.53 bits per heavy atom. The number of nitrogens with one attached hydrogen (secondary N) is 2. The zero-order valence-corrected chi connectivity index (χ0v) is 45.2. The number of aryl methyl sites for hydroxylation is 1. The van der Waals surface area contributed by atoms with Crippen molar-refractivity contribution in [3.05, 3.63) is 77.6 Å². The number of hydrazine groups is 1. The molecular weight excluding hydrogens is 965 g/mol. The summed E-state index contributed by atoms with van der Waals surface area (Å²) in [6.07, 6.45) is 4.24. The van der Waals surface area contributed by atoms with Crippen LogP contribution in [0, 0.1) is 28.6 Å². The molecule has 6 atom stereocenters. The first-order chi connectivity index (χ1) is 36.6. The van der Waals surface area contributed by atoms with E-state index < -0.39 is 46.7 Å². The molecule has 1 spiro atoms. The lowest BCUT2D eigenvalue weighted by Gasteiger charge is -2.42. The number of hydrogen-bond acceptors (Lipinski definition) is 12. The van der Waals surface area contributed by atoms with Gasteiger partial charge in [0.25, 0.3) is 11.8 Å². The maximum Gasteiger partial charge on any atom is 0.324 e. The number of rotatable bonds is 9. The molecule has 0 aliphatic carbocycles. The number of methoxy groups -OCH3 is 1. The number of ether oxygens (including phenoxy) is 4. The third kappa shape index (κ3) is 10.5. The van der Waals surface area contributed by atoms with Crippen molar-refractivity contribution in [3.8, 4) is 34.2 Å². The van der Waals surface area contributed by atoms with E-state index >= 15 is 0 Å². The number of cyclic esters (lactones) is 1. The average molecular weight is 1040 g/mol. The number of fused-ring (bicyclic) bond motifs is 6. The summed E-state index contributed by atoms with van der Waals surface area (Å²) in [5.74, 6) is 3.95. The van der Waals surface area contributed by atoms with Crippen molar-refractivity contribution in [1.82, 2.24) is 40.0 Å². The molecule has 5 fully saturated rings. The molecule has 2 aromatic heterocycles. The Hall–Kier alpha value is -6.16. The number of carbonyl (C=O) groups is 5. The van der Waals surface area contributed by atoms with Crippen LogP contribution in [-0.4, -0.2) is 162 Å². The zero-order chi connectivity index (χ0) is 53.5. The number of benzene rings is 2. The highest BCUT2D eigenvalue weighted by atomic mass is 16.5. The van der Waals surface area contributed by atoms with Gasteiger partial charge in [-0.1, -0.05) is 63.9 Å². The molecule has 17 heteroatoms. The van der Waals surface area contributed by atoms with Gasteiger partial charge in [-0.05, 0) is 104 Å². The van der Waals surface area contributed by atoms with Gasteiger partial charge >= 0.3 is 5.97 Å². The van der Waals surface area contributed by atoms with Crippen LogP contribution in [-0.2, 0) is 62.3 Å². The summed E-state index contributed by atoms with van der Waals surface area (Å²) in [4.78, 5) is 82.6. The lowest BCUT2D eigenvalue weighted by molar-refractivity contribution is -0.155. The normalized spacial score (nSPS) is 25.2. The van der Waals surface area contributed by atoms with Crippen molar-refractivity contribution >= 4 is 40.5 Å². The Labute approximate surface area is 446 Å². The van der Waals surface area contributed by atoms with E-state index in [1.54, 1.807) is 23.1 Å². The van der Waals surface area contributed by atoms with E-state index in [4.69, 9.17) is 23.9 Å². The Kier molecular flexibility index (Phi) is 15.5. The summed E-state index contributed by atoms with van der Waals surface area (Å²) in [6.45, 7) is 17.3. The largest absolute Gasteiger partial charge is 0.464 e. The summed E-state index contributed by atoms with van der Waals surface area (Å²) in [6, 6.07) is 16.0. The molecule has 17 nitrogen and oxygen atoms in total. The molecular formula is C59H74N8O9. The smallest absolute Gasteiger partial charge is 0.324 e. The van der Waals surface area contributed by atoms with E-state index in [0.717, 1.165) is 56.7 Å². The number of esters is 1. The summed E-state index contributed by atoms with van der Waals surface area (Å²) in [5, 5.41) is 5.67. The first-order valence-corrected chi connectivity index (χ1v) is 27.4. The summed E-state index contributed by atoms with van der Waals surface area (Å²) >= 11 is 0. The topological polar surface area (TPSA) is 177 Å². The predicted octanol–water partition coefficient (Wildman–Crippen LogP) is 5.32. The molecule has 6 aliphatic rings. The van der Waals surface area contributed by atoms with Crippen LogP contribution in [0.2, 0.25) is 0 Å². The number of pyridine rings is 1. The van der Waals surface area contributed by atoms with Crippen LogP contribution in [0.5, 0.6) is 0 Å². The third-order valence-electron chi connectivity index (χ3n) is 16.7. The molecule has 5 saturated heterocycles. The van der Waals surface area contributed by atoms with Crippen LogP contribution < -0.4 is 10.7 Å². The Morgan fingerprint density at radius 1 is 0.961 bits per heavy atom. The monoisotopic (exact) mass is 1040 g/mol. The first-order valence-electron chi connectivity index (χ1n) is 27.4. The van der Waals surface area contributed by atoms with Gasteiger partial charge in [0.1, 0.15) is 18.1 Å². The number of carbonyl (C=O) groups excluding carboxylic acids is 5. The summed E-state index contributed by atoms with van der Waals surface area (Å²) in [5.41, 5.74) is 9.65. The van der Waals surface area contributed by atoms with Gasteiger partial charge < -0.3 is 38.6 Å². The van der Waals surface area contributed by atoms with E-state index in [9.17, 15) is 24.0 Å². The van der Waals surface area contributed by atoms with Crippen LogP contribution in [0.15, 0.2) is 60.8 Å². The number of aromatic nitrogens is 2. The van der Waals surface area contributed by atoms with Gasteiger partial charge in [-0.15, -0.1) is 0 Å². The maximum atomic E-state index is 14.9. The van der Waals surface area contributed by atoms with Gasteiger partial charge in [-0.2, -0.15) is 0 Å². The van der Waals surface area contributed by atoms with E-state index in [2.05, 4.69) is 89.2 Å². The lowest BCUT2D eigenvalue weighted by atomic mass is 9.84. The SMILES string of the molecule is CCn1c(-c2cccnc2[C@H](C)OC)c2c3cc(ccc31)-c1cccc(c1)C[C@H](NC(=O)[C@H](C(C)C)N1CC[C@]3(CCN(C(=O)C#C[C@H]4COCCN4C4COC4)C3)C1=O)C(=O)N1CCC[C@H](N1)C(=O)OCC(C)(C)C2. The molecule has 0 radical (unpaired) electrons. The van der Waals surface area contributed by atoms with Gasteiger partial charge in [-0.25, -0.2) is 5.43 Å². The second kappa shape index (κ2) is 22.1. The van der Waals surface area contributed by atoms with Crippen molar-refractivity contribution in [2.45, 2.75) is 123 Å². The van der Waals surface area contributed by atoms with E-state index in [1.165, 1.54) is 5.01 Å². The molecule has 404 valence electrons. The maximum absolute atomic E-state index is 14.9. The van der Waals surface area contributed by atoms with Crippen molar-refractivity contribution in [2.24, 2.45) is 16.7 Å². The lowest BCUT2D eigenvalue weighted by Crippen LogP contribution is -2.62. The number of morpholine rings is 1. The van der Waals surface area contributed by atoms with Crippen LogP contribution in [0.1, 0.15) is 90.2 Å². The van der Waals surface area contributed by atoms with Gasteiger partial charge in [0.15, 0.2) is 0 Å². The predicted molar refractivity (Wildman–Crippen MR) is 286 cm³/mol. The van der Waals surface area contributed by atoms with Crippen LogP contribution in [0.3, 0.4) is 0 Å². The zero-order valence-electron chi connectivity index (χ0n) is 45.2. The fourth-order valence-electron chi connectivity index (χ4n) is 12.4. The summed E-state index contributed by atoms with van der Waals surface area (Å²) < 4.78 is 25.5. The Bertz CT molecular complexity index is 2940. The third-order valence-corrected chi connectivity index (χ3v) is 16.7. The van der Waals surface area contributed by atoms with E-state index in [-0.39, 0.29) is 55.5 Å². The van der Waals surface area contributed by atoms with E-state index in [1.807, 2.05) is 39.0 Å². The molecule has 6 bridgehead atoms. The van der Waals surface area contributed by atoms with Crippen LogP contribution >= 0.6 is 0 Å². The fraction of sp³-hybridized carbons (Fsp3) is 0.559. The van der Waals surface area contributed by atoms with Gasteiger partial charge in [-0.3, -0.25) is 38.9 Å². The van der Waals surface area contributed by atoms with Gasteiger partial charge in [0.05, 0.1) is 68.0 Å². The minimum absolute atomic E-state index is 0.131. The van der Waals surface area contributed by atoms with Gasteiger partial charge in [0, 0.05) is 80.9 Å². The number of hydrogen-bond donors (Lipinski definition) is 2. The molecule has 2 aromatic carbocycles. The molecule has 10 rings (SSSR count). The standard InChI is InChI=1S/C59H74N8O9/c1-8-64-49-18-16-41-30-45(49)46(53(64)44-14-10-22-60-51(44)38(4)73-7)31-58(5,6)36-76-56(71)47-15-11-23-67(62-47)55(70)48(29-39-12-9-13-40(41)28-39)61-54(69)52(37(2)3)66-25-21-59(57(66)72)20-24-63(35-59)50(68)19-17-42-32-74-27-26-65(42)43-33-75-34-43/h9-10,12-14,16,18,22,28,30,37-38,42-43,47-48,52,62H,8,11,15,20-21,23-27,29,31-36H2,1-7H3,(H,61,69)/t38-,42-,47-,48-,52-,59-/m0/s1. The molecule has 0 saturated carbocycles. The Balaban J connectivity index is 0.940. The highest BCUT2D eigenvalue weighted by molar-refractivity contribution is 5.98. The molecule has 76 heavy (non-hydrogen) atoms. The summed E-state index contributed by atoms with van der Waals surface area (Å²) in [7, 11) is 1.69. The van der Waals surface area contributed by atoms with Crippen molar-refractivity contribution in [1.29, 1.82) is 0 Å². The molecule has 6 aliphatic heterocycles. The molecule has 2 N–H and O–H groups in total. The van der Waals surface area contributed by atoms with Gasteiger partial charge in [0.2, 0.25) is 11.8 Å². The number of nitrogens with zero attached hydrogens (tertiary/aromatic N) is 6. The van der Waals surface area contributed by atoms with Crippen molar-refractivity contribution in [2.75, 3.05) is 72.9 Å². The van der Waals surface area contributed by atoms with Crippen LogP contribution in [0.25, 0.3) is 33.3 Å². The molecule has 0 unspecified atom stereocenters. The number of amides is 4. The highest BCUT2D eigenvalue weighted by Gasteiger charge is 2.54. The minimum atomic E-state index is -1.06. The highest BCUT2D eigenvalue weighted by Crippen LogP contribution is 2.44. The van der Waals surface area contributed by atoms with Crippen molar-refractivity contribution in [3.63, 3.8) is 0 Å². The molecule has 8 heterocycles. The number of likely N-dealkylation sites (tertiary alicyclic amines) is 2. The second-order valence-corrected chi connectivity index (χ2v) is 22.8. The van der Waals surface area contributed by atoms with Crippen molar-refractivity contribution < 1.29 is 42.9 Å². The quantitative estimate of drug-likeness (QED) is 0.163. The average Bonchev–Trinajstić information content (AvgIpc) is 4.09. The minimum Gasteiger partial charge on any atom is -0.464 e. The molecule has 4 amide bonds. The Morgan fingerprint density at radius 2 is 1.76 bits per heavy atom.